The van der Waals surface area contributed by atoms with Crippen molar-refractivity contribution in [1.82, 2.24) is 9.97 Å². The third-order valence-electron chi connectivity index (χ3n) is 2.60. The monoisotopic (exact) mass is 293 g/mol. The molecule has 6 heteroatoms. The van der Waals surface area contributed by atoms with Crippen molar-refractivity contribution >= 4 is 17.4 Å². The zero-order valence-electron chi connectivity index (χ0n) is 11.2. The van der Waals surface area contributed by atoms with Crippen molar-refractivity contribution in [1.29, 1.82) is 0 Å². The third kappa shape index (κ3) is 4.36. The number of rotatable bonds is 7. The fourth-order valence-electron chi connectivity index (χ4n) is 1.61. The van der Waals surface area contributed by atoms with Crippen molar-refractivity contribution in [3.8, 4) is 5.75 Å². The van der Waals surface area contributed by atoms with Crippen LogP contribution in [-0.4, -0.2) is 30.3 Å². The van der Waals surface area contributed by atoms with Gasteiger partial charge in [-0.05, 0) is 6.07 Å². The number of methoxy groups -OCH3 is 1. The molecule has 106 valence electrons. The average molecular weight is 294 g/mol. The Bertz CT molecular complexity index is 534. The van der Waals surface area contributed by atoms with Gasteiger partial charge < -0.3 is 14.8 Å². The predicted octanol–water partition coefficient (Wildman–Crippen LogP) is 2.77. The van der Waals surface area contributed by atoms with Crippen LogP contribution in [0.25, 0.3) is 0 Å². The fourth-order valence-corrected chi connectivity index (χ4v) is 1.71. The lowest BCUT2D eigenvalue weighted by Crippen LogP contribution is -2.08. The number of hydrogen-bond acceptors (Lipinski definition) is 5. The number of hydrogen-bond donors (Lipinski definition) is 1. The summed E-state index contributed by atoms with van der Waals surface area (Å²) in [5.74, 6) is 1.50. The van der Waals surface area contributed by atoms with Gasteiger partial charge in [0.15, 0.2) is 0 Å². The highest BCUT2D eigenvalue weighted by molar-refractivity contribution is 6.29. The number of nitrogens with zero attached hydrogens (tertiary/aromatic N) is 2. The smallest absolute Gasteiger partial charge is 0.147 e. The maximum absolute atomic E-state index is 5.69. The number of halogens is 1. The van der Waals surface area contributed by atoms with Crippen LogP contribution in [0.1, 0.15) is 5.56 Å². The van der Waals surface area contributed by atoms with Crippen molar-refractivity contribution < 1.29 is 9.47 Å². The average Bonchev–Trinajstić information content (AvgIpc) is 2.48. The second kappa shape index (κ2) is 7.67. The zero-order chi connectivity index (χ0) is 14.2. The van der Waals surface area contributed by atoms with E-state index >= 15 is 0 Å². The molecule has 0 bridgehead atoms. The van der Waals surface area contributed by atoms with Gasteiger partial charge in [-0.3, -0.25) is 0 Å². The standard InChI is InChI=1S/C14H16ClN3O2/c1-19-6-7-20-12-5-3-2-4-11(12)8-17-14-10-16-13(15)9-18-14/h2-5,9-10H,6-8H2,1H3,(H,17,18). The van der Waals surface area contributed by atoms with E-state index in [1.165, 1.54) is 6.20 Å². The van der Waals surface area contributed by atoms with Crippen LogP contribution in [0, 0.1) is 0 Å². The van der Waals surface area contributed by atoms with Crippen LogP contribution in [0.3, 0.4) is 0 Å². The van der Waals surface area contributed by atoms with Gasteiger partial charge in [0, 0.05) is 19.2 Å². The lowest BCUT2D eigenvalue weighted by atomic mass is 10.2. The van der Waals surface area contributed by atoms with Gasteiger partial charge in [-0.2, -0.15) is 0 Å². The van der Waals surface area contributed by atoms with E-state index in [1.807, 2.05) is 24.3 Å². The fraction of sp³-hybridized carbons (Fsp3) is 0.286. The first kappa shape index (κ1) is 14.6. The van der Waals surface area contributed by atoms with Crippen molar-refractivity contribution in [3.63, 3.8) is 0 Å². The summed E-state index contributed by atoms with van der Waals surface area (Å²) in [7, 11) is 1.65. The molecule has 1 aromatic heterocycles. The minimum atomic E-state index is 0.374. The number of para-hydroxylation sites is 1. The summed E-state index contributed by atoms with van der Waals surface area (Å²) in [6.45, 7) is 1.68. The molecule has 0 aliphatic carbocycles. The van der Waals surface area contributed by atoms with E-state index in [4.69, 9.17) is 21.1 Å². The largest absolute Gasteiger partial charge is 0.491 e. The molecule has 0 aliphatic heterocycles. The highest BCUT2D eigenvalue weighted by atomic mass is 35.5. The van der Waals surface area contributed by atoms with Gasteiger partial charge >= 0.3 is 0 Å². The number of anilines is 1. The molecule has 0 spiro atoms. The molecular formula is C14H16ClN3O2. The van der Waals surface area contributed by atoms with Crippen molar-refractivity contribution in [2.75, 3.05) is 25.6 Å². The number of ether oxygens (including phenoxy) is 2. The Hall–Kier alpha value is -1.85. The Labute approximate surface area is 122 Å². The maximum Gasteiger partial charge on any atom is 0.147 e. The van der Waals surface area contributed by atoms with Gasteiger partial charge in [0.1, 0.15) is 23.3 Å². The highest BCUT2D eigenvalue weighted by Gasteiger charge is 2.03. The lowest BCUT2D eigenvalue weighted by Gasteiger charge is -2.12. The van der Waals surface area contributed by atoms with Crippen LogP contribution < -0.4 is 10.1 Å². The van der Waals surface area contributed by atoms with Crippen molar-refractivity contribution in [2.24, 2.45) is 0 Å². The van der Waals surface area contributed by atoms with Gasteiger partial charge in [0.25, 0.3) is 0 Å². The molecule has 20 heavy (non-hydrogen) atoms. The first-order valence-electron chi connectivity index (χ1n) is 6.20. The summed E-state index contributed by atoms with van der Waals surface area (Å²) >= 11 is 5.69. The maximum atomic E-state index is 5.69. The normalized spacial score (nSPS) is 10.3. The van der Waals surface area contributed by atoms with Gasteiger partial charge in [-0.25, -0.2) is 9.97 Å². The highest BCUT2D eigenvalue weighted by Crippen LogP contribution is 2.19. The molecular weight excluding hydrogens is 278 g/mol. The summed E-state index contributed by atoms with van der Waals surface area (Å²) in [4.78, 5) is 8.10. The zero-order valence-corrected chi connectivity index (χ0v) is 11.9. The van der Waals surface area contributed by atoms with Crippen LogP contribution >= 0.6 is 11.6 Å². The molecule has 0 saturated heterocycles. The topological polar surface area (TPSA) is 56.3 Å². The summed E-state index contributed by atoms with van der Waals surface area (Å²) in [6, 6.07) is 7.83. The number of nitrogens with one attached hydrogen (secondary N) is 1. The first-order chi connectivity index (χ1) is 9.79. The molecule has 2 aromatic rings. The minimum Gasteiger partial charge on any atom is -0.491 e. The molecule has 1 aromatic carbocycles. The Balaban J connectivity index is 1.96. The second-order valence-electron chi connectivity index (χ2n) is 4.03. The van der Waals surface area contributed by atoms with Crippen LogP contribution in [0.15, 0.2) is 36.7 Å². The molecule has 0 radical (unpaired) electrons. The Kier molecular flexibility index (Phi) is 5.58. The Morgan fingerprint density at radius 2 is 2.00 bits per heavy atom. The van der Waals surface area contributed by atoms with E-state index in [0.717, 1.165) is 11.3 Å². The van der Waals surface area contributed by atoms with E-state index in [-0.39, 0.29) is 0 Å². The number of aromatic nitrogens is 2. The lowest BCUT2D eigenvalue weighted by molar-refractivity contribution is 0.146. The minimum absolute atomic E-state index is 0.374. The van der Waals surface area contributed by atoms with Gasteiger partial charge in [-0.15, -0.1) is 0 Å². The predicted molar refractivity (Wildman–Crippen MR) is 78.2 cm³/mol. The summed E-state index contributed by atoms with van der Waals surface area (Å²) in [5, 5.41) is 3.55. The molecule has 0 fully saturated rings. The van der Waals surface area contributed by atoms with Crippen LogP contribution in [0.4, 0.5) is 5.82 Å². The quantitative estimate of drug-likeness (QED) is 0.796. The molecule has 1 N–H and O–H groups in total. The van der Waals surface area contributed by atoms with Gasteiger partial charge in [-0.1, -0.05) is 29.8 Å². The molecule has 0 saturated carbocycles. The molecule has 0 atom stereocenters. The van der Waals surface area contributed by atoms with Gasteiger partial charge in [0.05, 0.1) is 19.0 Å². The third-order valence-corrected chi connectivity index (χ3v) is 2.79. The first-order valence-corrected chi connectivity index (χ1v) is 6.58. The SMILES string of the molecule is COCCOc1ccccc1CNc1cnc(Cl)cn1. The van der Waals surface area contributed by atoms with E-state index in [2.05, 4.69) is 15.3 Å². The van der Waals surface area contributed by atoms with E-state index in [1.54, 1.807) is 13.3 Å². The molecule has 2 rings (SSSR count). The Morgan fingerprint density at radius 3 is 2.75 bits per heavy atom. The summed E-state index contributed by atoms with van der Waals surface area (Å²) < 4.78 is 10.6. The second-order valence-corrected chi connectivity index (χ2v) is 4.41. The van der Waals surface area contributed by atoms with E-state index in [0.29, 0.717) is 30.7 Å². The van der Waals surface area contributed by atoms with E-state index in [9.17, 15) is 0 Å². The molecule has 0 amide bonds. The van der Waals surface area contributed by atoms with E-state index < -0.39 is 0 Å². The Morgan fingerprint density at radius 1 is 1.15 bits per heavy atom. The molecule has 0 unspecified atom stereocenters. The molecule has 1 heterocycles. The van der Waals surface area contributed by atoms with Crippen LogP contribution in [0.2, 0.25) is 5.15 Å². The van der Waals surface area contributed by atoms with Crippen molar-refractivity contribution in [3.05, 3.63) is 47.4 Å². The van der Waals surface area contributed by atoms with Gasteiger partial charge in [0.2, 0.25) is 0 Å². The molecule has 0 aliphatic rings. The molecule has 5 nitrogen and oxygen atoms in total. The summed E-state index contributed by atoms with van der Waals surface area (Å²) in [6.07, 6.45) is 3.10. The van der Waals surface area contributed by atoms with Crippen molar-refractivity contribution in [2.45, 2.75) is 6.54 Å². The summed E-state index contributed by atoms with van der Waals surface area (Å²) in [5.41, 5.74) is 1.04. The number of benzene rings is 1. The van der Waals surface area contributed by atoms with Crippen LogP contribution in [0.5, 0.6) is 5.75 Å². The van der Waals surface area contributed by atoms with Crippen LogP contribution in [-0.2, 0) is 11.3 Å².